The first kappa shape index (κ1) is 14.9. The fourth-order valence-corrected chi connectivity index (χ4v) is 3.19. The summed E-state index contributed by atoms with van der Waals surface area (Å²) in [6, 6.07) is 6.51. The SMILES string of the molecule is COc1cc2ccnc(N[C@H]3C[C@@H](O)[C@@H]3n3cccn3)c2cc1F. The summed E-state index contributed by atoms with van der Waals surface area (Å²) in [5.74, 6) is 0.356. The lowest BCUT2D eigenvalue weighted by molar-refractivity contribution is 0.0133. The highest BCUT2D eigenvalue weighted by molar-refractivity contribution is 5.93. The van der Waals surface area contributed by atoms with Gasteiger partial charge >= 0.3 is 0 Å². The van der Waals surface area contributed by atoms with E-state index in [0.29, 0.717) is 17.6 Å². The Morgan fingerprint density at radius 3 is 2.96 bits per heavy atom. The Balaban J connectivity index is 1.66. The zero-order valence-corrected chi connectivity index (χ0v) is 13.1. The fraction of sp³-hybridized carbons (Fsp3) is 0.294. The number of anilines is 1. The van der Waals surface area contributed by atoms with E-state index < -0.39 is 11.9 Å². The third-order valence-electron chi connectivity index (χ3n) is 4.49. The molecule has 4 rings (SSSR count). The monoisotopic (exact) mass is 328 g/mol. The Morgan fingerprint density at radius 1 is 1.38 bits per heavy atom. The molecule has 0 saturated heterocycles. The quantitative estimate of drug-likeness (QED) is 0.769. The molecule has 0 unspecified atom stereocenters. The number of hydrogen-bond donors (Lipinski definition) is 2. The molecule has 2 heterocycles. The molecular formula is C17H17FN4O2. The first-order valence-corrected chi connectivity index (χ1v) is 7.73. The number of nitrogens with one attached hydrogen (secondary N) is 1. The summed E-state index contributed by atoms with van der Waals surface area (Å²) in [5, 5.41) is 19.1. The predicted octanol–water partition coefficient (Wildman–Crippen LogP) is 2.37. The second kappa shape index (κ2) is 5.76. The number of pyridine rings is 1. The molecule has 1 fully saturated rings. The Labute approximate surface area is 137 Å². The molecule has 1 aliphatic carbocycles. The largest absolute Gasteiger partial charge is 0.494 e. The number of methoxy groups -OCH3 is 1. The molecule has 0 aliphatic heterocycles. The Morgan fingerprint density at radius 2 is 2.25 bits per heavy atom. The molecular weight excluding hydrogens is 311 g/mol. The highest BCUT2D eigenvalue weighted by atomic mass is 19.1. The third-order valence-corrected chi connectivity index (χ3v) is 4.49. The van der Waals surface area contributed by atoms with E-state index in [2.05, 4.69) is 15.4 Å². The van der Waals surface area contributed by atoms with Crippen molar-refractivity contribution in [2.45, 2.75) is 24.6 Å². The van der Waals surface area contributed by atoms with Crippen molar-refractivity contribution in [3.63, 3.8) is 0 Å². The number of fused-ring (bicyclic) bond motifs is 1. The van der Waals surface area contributed by atoms with Crippen LogP contribution in [-0.2, 0) is 0 Å². The van der Waals surface area contributed by atoms with Gasteiger partial charge in [-0.3, -0.25) is 4.68 Å². The van der Waals surface area contributed by atoms with Crippen LogP contribution in [0.25, 0.3) is 10.8 Å². The average Bonchev–Trinajstić information content (AvgIpc) is 3.07. The second-order valence-electron chi connectivity index (χ2n) is 5.90. The van der Waals surface area contributed by atoms with Crippen LogP contribution in [0.4, 0.5) is 10.2 Å². The molecule has 3 aromatic rings. The fourth-order valence-electron chi connectivity index (χ4n) is 3.19. The molecule has 1 aromatic carbocycles. The minimum absolute atomic E-state index is 0.0248. The average molecular weight is 328 g/mol. The van der Waals surface area contributed by atoms with Crippen LogP contribution in [0.15, 0.2) is 42.9 Å². The molecule has 1 aliphatic rings. The number of hydrogen-bond acceptors (Lipinski definition) is 5. The molecule has 6 nitrogen and oxygen atoms in total. The number of aromatic nitrogens is 3. The van der Waals surface area contributed by atoms with Gasteiger partial charge < -0.3 is 15.2 Å². The number of aliphatic hydroxyl groups is 1. The summed E-state index contributed by atoms with van der Waals surface area (Å²) in [6.07, 6.45) is 5.29. The normalized spacial score (nSPS) is 23.0. The van der Waals surface area contributed by atoms with E-state index in [4.69, 9.17) is 4.74 Å². The Kier molecular flexibility index (Phi) is 3.57. The maximum absolute atomic E-state index is 14.1. The van der Waals surface area contributed by atoms with Crippen molar-refractivity contribution in [3.05, 3.63) is 48.7 Å². The van der Waals surface area contributed by atoms with Gasteiger partial charge in [0.15, 0.2) is 11.6 Å². The lowest BCUT2D eigenvalue weighted by atomic mass is 9.83. The van der Waals surface area contributed by atoms with E-state index in [1.807, 2.05) is 18.3 Å². The molecule has 7 heteroatoms. The number of nitrogens with zero attached hydrogens (tertiary/aromatic N) is 3. The highest BCUT2D eigenvalue weighted by Gasteiger charge is 2.42. The van der Waals surface area contributed by atoms with E-state index in [1.54, 1.807) is 23.1 Å². The van der Waals surface area contributed by atoms with Crippen LogP contribution < -0.4 is 10.1 Å². The van der Waals surface area contributed by atoms with Crippen molar-refractivity contribution in [1.29, 1.82) is 0 Å². The summed E-state index contributed by atoms with van der Waals surface area (Å²) in [5.41, 5.74) is 0. The van der Waals surface area contributed by atoms with Crippen LogP contribution in [-0.4, -0.2) is 39.1 Å². The molecule has 124 valence electrons. The van der Waals surface area contributed by atoms with Gasteiger partial charge in [-0.1, -0.05) is 0 Å². The van der Waals surface area contributed by atoms with Gasteiger partial charge in [0, 0.05) is 24.0 Å². The zero-order chi connectivity index (χ0) is 16.7. The number of benzene rings is 1. The summed E-state index contributed by atoms with van der Waals surface area (Å²) < 4.78 is 20.8. The minimum Gasteiger partial charge on any atom is -0.494 e. The van der Waals surface area contributed by atoms with Crippen molar-refractivity contribution in [2.75, 3.05) is 12.4 Å². The van der Waals surface area contributed by atoms with Gasteiger partial charge in [-0.2, -0.15) is 5.10 Å². The van der Waals surface area contributed by atoms with Gasteiger partial charge in [0.1, 0.15) is 5.82 Å². The van der Waals surface area contributed by atoms with Crippen molar-refractivity contribution in [1.82, 2.24) is 14.8 Å². The van der Waals surface area contributed by atoms with Crippen LogP contribution >= 0.6 is 0 Å². The van der Waals surface area contributed by atoms with Crippen molar-refractivity contribution >= 4 is 16.6 Å². The molecule has 2 N–H and O–H groups in total. The summed E-state index contributed by atoms with van der Waals surface area (Å²) >= 11 is 0. The minimum atomic E-state index is -0.464. The van der Waals surface area contributed by atoms with Crippen molar-refractivity contribution in [3.8, 4) is 5.75 Å². The highest BCUT2D eigenvalue weighted by Crippen LogP contribution is 2.36. The molecule has 1 saturated carbocycles. The second-order valence-corrected chi connectivity index (χ2v) is 5.90. The summed E-state index contributed by atoms with van der Waals surface area (Å²) in [6.45, 7) is 0. The first-order valence-electron chi connectivity index (χ1n) is 7.73. The molecule has 0 amide bonds. The number of rotatable bonds is 4. The molecule has 0 radical (unpaired) electrons. The lowest BCUT2D eigenvalue weighted by Gasteiger charge is -2.42. The Hall–Kier alpha value is -2.67. The Bertz CT molecular complexity index is 868. The molecule has 2 aromatic heterocycles. The lowest BCUT2D eigenvalue weighted by Crippen LogP contribution is -2.51. The standard InChI is InChI=1S/C17H17FN4O2/c1-24-15-7-10-3-5-19-17(11(10)8-12(15)18)21-13-9-14(23)16(13)22-6-2-4-20-22/h2-8,13-14,16,23H,9H2,1H3,(H,19,21)/t13-,14+,16+/m0/s1. The summed E-state index contributed by atoms with van der Waals surface area (Å²) in [4.78, 5) is 4.34. The van der Waals surface area contributed by atoms with Crippen LogP contribution in [0.1, 0.15) is 12.5 Å². The zero-order valence-electron chi connectivity index (χ0n) is 13.1. The van der Waals surface area contributed by atoms with Crippen LogP contribution in [0, 0.1) is 5.82 Å². The van der Waals surface area contributed by atoms with E-state index >= 15 is 0 Å². The van der Waals surface area contributed by atoms with Crippen molar-refractivity contribution < 1.29 is 14.2 Å². The van der Waals surface area contributed by atoms with Crippen molar-refractivity contribution in [2.24, 2.45) is 0 Å². The van der Waals surface area contributed by atoms with Gasteiger partial charge in [-0.25, -0.2) is 9.37 Å². The first-order chi connectivity index (χ1) is 11.7. The maximum Gasteiger partial charge on any atom is 0.165 e. The molecule has 0 spiro atoms. The molecule has 0 bridgehead atoms. The topological polar surface area (TPSA) is 72.2 Å². The van der Waals surface area contributed by atoms with Crippen LogP contribution in [0.2, 0.25) is 0 Å². The maximum atomic E-state index is 14.1. The molecule has 3 atom stereocenters. The van der Waals surface area contributed by atoms with E-state index in [9.17, 15) is 9.50 Å². The summed E-state index contributed by atoms with van der Waals surface area (Å²) in [7, 11) is 1.44. The third kappa shape index (κ3) is 2.37. The van der Waals surface area contributed by atoms with Crippen LogP contribution in [0.5, 0.6) is 5.75 Å². The van der Waals surface area contributed by atoms with Gasteiger partial charge in [0.05, 0.1) is 25.3 Å². The van der Waals surface area contributed by atoms with Gasteiger partial charge in [0.2, 0.25) is 0 Å². The van der Waals surface area contributed by atoms with Gasteiger partial charge in [-0.15, -0.1) is 0 Å². The van der Waals surface area contributed by atoms with E-state index in [-0.39, 0.29) is 17.8 Å². The van der Waals surface area contributed by atoms with Gasteiger partial charge in [-0.05, 0) is 36.1 Å². The van der Waals surface area contributed by atoms with Gasteiger partial charge in [0.25, 0.3) is 0 Å². The number of aliphatic hydroxyl groups excluding tert-OH is 1. The predicted molar refractivity (Wildman–Crippen MR) is 87.6 cm³/mol. The molecule has 24 heavy (non-hydrogen) atoms. The van der Waals surface area contributed by atoms with E-state index in [1.165, 1.54) is 13.2 Å². The number of ether oxygens (including phenoxy) is 1. The smallest absolute Gasteiger partial charge is 0.165 e. The van der Waals surface area contributed by atoms with Crippen LogP contribution in [0.3, 0.4) is 0 Å². The number of halogens is 1. The van der Waals surface area contributed by atoms with E-state index in [0.717, 1.165) is 5.39 Å².